The Bertz CT molecular complexity index is 462. The van der Waals surface area contributed by atoms with Gasteiger partial charge in [0.1, 0.15) is 5.75 Å². The van der Waals surface area contributed by atoms with Gasteiger partial charge in [-0.05, 0) is 37.3 Å². The zero-order valence-corrected chi connectivity index (χ0v) is 13.1. The molecular formula is C18H28N2O. The summed E-state index contributed by atoms with van der Waals surface area (Å²) in [7, 11) is 1.72. The van der Waals surface area contributed by atoms with Gasteiger partial charge in [0.25, 0.3) is 0 Å². The average molecular weight is 288 g/mol. The fourth-order valence-electron chi connectivity index (χ4n) is 4.19. The lowest BCUT2D eigenvalue weighted by molar-refractivity contribution is 0.0826. The number of ether oxygens (including phenoxy) is 1. The molecule has 1 aromatic rings. The molecule has 2 N–H and O–H groups in total. The van der Waals surface area contributed by atoms with Crippen molar-refractivity contribution in [2.75, 3.05) is 26.7 Å². The molecule has 2 aliphatic rings. The van der Waals surface area contributed by atoms with Gasteiger partial charge in [0.15, 0.2) is 0 Å². The SMILES string of the molecule is COc1ccccc1C(N)CN1CCC2CCCCC2C1. The predicted molar refractivity (Wildman–Crippen MR) is 86.4 cm³/mol. The second kappa shape index (κ2) is 6.80. The van der Waals surface area contributed by atoms with Crippen LogP contribution in [0.25, 0.3) is 0 Å². The summed E-state index contributed by atoms with van der Waals surface area (Å²) in [5.41, 5.74) is 7.58. The first-order valence-electron chi connectivity index (χ1n) is 8.38. The van der Waals surface area contributed by atoms with E-state index in [0.29, 0.717) is 0 Å². The highest BCUT2D eigenvalue weighted by molar-refractivity contribution is 5.35. The third-order valence-corrected chi connectivity index (χ3v) is 5.37. The van der Waals surface area contributed by atoms with Crippen LogP contribution < -0.4 is 10.5 Å². The van der Waals surface area contributed by atoms with Crippen LogP contribution >= 0.6 is 0 Å². The summed E-state index contributed by atoms with van der Waals surface area (Å²) in [6.45, 7) is 3.40. The van der Waals surface area contributed by atoms with E-state index in [2.05, 4.69) is 11.0 Å². The van der Waals surface area contributed by atoms with Crippen LogP contribution in [0.4, 0.5) is 0 Å². The Morgan fingerprint density at radius 1 is 1.19 bits per heavy atom. The molecule has 3 nitrogen and oxygen atoms in total. The van der Waals surface area contributed by atoms with Crippen molar-refractivity contribution < 1.29 is 4.74 Å². The minimum atomic E-state index is 0.0429. The monoisotopic (exact) mass is 288 g/mol. The van der Waals surface area contributed by atoms with E-state index < -0.39 is 0 Å². The topological polar surface area (TPSA) is 38.5 Å². The molecule has 3 rings (SSSR count). The Morgan fingerprint density at radius 2 is 1.95 bits per heavy atom. The average Bonchev–Trinajstić information content (AvgIpc) is 2.54. The summed E-state index contributed by atoms with van der Waals surface area (Å²) in [6.07, 6.45) is 7.11. The third-order valence-electron chi connectivity index (χ3n) is 5.37. The molecule has 3 atom stereocenters. The van der Waals surface area contributed by atoms with Gasteiger partial charge in [0, 0.05) is 24.7 Å². The second-order valence-electron chi connectivity index (χ2n) is 6.70. The summed E-state index contributed by atoms with van der Waals surface area (Å²) >= 11 is 0. The lowest BCUT2D eigenvalue weighted by Crippen LogP contribution is -2.44. The molecule has 3 unspecified atom stereocenters. The molecule has 1 heterocycles. The molecule has 0 amide bonds. The fraction of sp³-hybridized carbons (Fsp3) is 0.667. The number of fused-ring (bicyclic) bond motifs is 1. The van der Waals surface area contributed by atoms with Crippen LogP contribution in [0.2, 0.25) is 0 Å². The Labute approximate surface area is 128 Å². The highest BCUT2D eigenvalue weighted by atomic mass is 16.5. The van der Waals surface area contributed by atoms with Gasteiger partial charge in [-0.3, -0.25) is 0 Å². The van der Waals surface area contributed by atoms with Gasteiger partial charge in [0.05, 0.1) is 7.11 Å². The Balaban J connectivity index is 1.61. The molecule has 1 aromatic carbocycles. The summed E-state index contributed by atoms with van der Waals surface area (Å²) in [4.78, 5) is 2.57. The van der Waals surface area contributed by atoms with Gasteiger partial charge in [-0.2, -0.15) is 0 Å². The number of piperidine rings is 1. The molecule has 0 bridgehead atoms. The highest BCUT2D eigenvalue weighted by Gasteiger charge is 2.31. The van der Waals surface area contributed by atoms with E-state index in [0.717, 1.165) is 29.7 Å². The molecule has 1 aliphatic carbocycles. The van der Waals surface area contributed by atoms with Crippen molar-refractivity contribution in [1.29, 1.82) is 0 Å². The summed E-state index contributed by atoms with van der Waals surface area (Å²) in [5.74, 6) is 2.81. The number of hydrogen-bond acceptors (Lipinski definition) is 3. The number of likely N-dealkylation sites (tertiary alicyclic amines) is 1. The Morgan fingerprint density at radius 3 is 2.76 bits per heavy atom. The van der Waals surface area contributed by atoms with E-state index in [-0.39, 0.29) is 6.04 Å². The Kier molecular flexibility index (Phi) is 4.81. The lowest BCUT2D eigenvalue weighted by atomic mass is 9.75. The largest absolute Gasteiger partial charge is 0.496 e. The van der Waals surface area contributed by atoms with Crippen LogP contribution in [-0.4, -0.2) is 31.6 Å². The van der Waals surface area contributed by atoms with E-state index in [1.807, 2.05) is 18.2 Å². The first-order chi connectivity index (χ1) is 10.3. The van der Waals surface area contributed by atoms with Gasteiger partial charge in [-0.1, -0.05) is 37.5 Å². The van der Waals surface area contributed by atoms with Gasteiger partial charge >= 0.3 is 0 Å². The van der Waals surface area contributed by atoms with Crippen molar-refractivity contribution >= 4 is 0 Å². The molecule has 0 spiro atoms. The van der Waals surface area contributed by atoms with Crippen molar-refractivity contribution in [2.45, 2.75) is 38.1 Å². The number of nitrogens with two attached hydrogens (primary N) is 1. The van der Waals surface area contributed by atoms with Crippen LogP contribution in [0.5, 0.6) is 5.75 Å². The standard InChI is InChI=1S/C18H28N2O/c1-21-18-9-5-4-8-16(18)17(19)13-20-11-10-14-6-2-3-7-15(14)12-20/h4-5,8-9,14-15,17H,2-3,6-7,10-13,19H2,1H3. The number of rotatable bonds is 4. The zero-order chi connectivity index (χ0) is 14.7. The first-order valence-corrected chi connectivity index (χ1v) is 8.38. The third kappa shape index (κ3) is 3.41. The van der Waals surface area contributed by atoms with E-state index in [1.165, 1.54) is 45.2 Å². The summed E-state index contributed by atoms with van der Waals surface area (Å²) < 4.78 is 5.44. The summed E-state index contributed by atoms with van der Waals surface area (Å²) in [6, 6.07) is 8.19. The summed E-state index contributed by atoms with van der Waals surface area (Å²) in [5, 5.41) is 0. The van der Waals surface area contributed by atoms with Gasteiger partial charge in [-0.15, -0.1) is 0 Å². The Hall–Kier alpha value is -1.06. The van der Waals surface area contributed by atoms with Crippen LogP contribution in [0.1, 0.15) is 43.7 Å². The van der Waals surface area contributed by atoms with Crippen molar-refractivity contribution in [1.82, 2.24) is 4.90 Å². The van der Waals surface area contributed by atoms with Crippen LogP contribution in [0.3, 0.4) is 0 Å². The molecular weight excluding hydrogens is 260 g/mol. The highest BCUT2D eigenvalue weighted by Crippen LogP contribution is 2.36. The maximum absolute atomic E-state index is 6.45. The van der Waals surface area contributed by atoms with Crippen molar-refractivity contribution in [3.63, 3.8) is 0 Å². The normalized spacial score (nSPS) is 27.9. The number of hydrogen-bond donors (Lipinski definition) is 1. The quantitative estimate of drug-likeness (QED) is 0.924. The lowest BCUT2D eigenvalue weighted by Gasteiger charge is -2.42. The smallest absolute Gasteiger partial charge is 0.123 e. The zero-order valence-electron chi connectivity index (χ0n) is 13.1. The maximum atomic E-state index is 6.45. The van der Waals surface area contributed by atoms with E-state index in [9.17, 15) is 0 Å². The maximum Gasteiger partial charge on any atom is 0.123 e. The number of benzene rings is 1. The first kappa shape index (κ1) is 14.9. The molecule has 0 aromatic heterocycles. The van der Waals surface area contributed by atoms with Gasteiger partial charge in [0.2, 0.25) is 0 Å². The van der Waals surface area contributed by atoms with E-state index >= 15 is 0 Å². The second-order valence-corrected chi connectivity index (χ2v) is 6.70. The van der Waals surface area contributed by atoms with Crippen molar-refractivity contribution in [3.05, 3.63) is 29.8 Å². The molecule has 1 saturated heterocycles. The van der Waals surface area contributed by atoms with Crippen molar-refractivity contribution in [3.8, 4) is 5.75 Å². The molecule has 1 saturated carbocycles. The van der Waals surface area contributed by atoms with Gasteiger partial charge in [-0.25, -0.2) is 0 Å². The van der Waals surface area contributed by atoms with E-state index in [1.54, 1.807) is 7.11 Å². The van der Waals surface area contributed by atoms with Crippen LogP contribution in [0.15, 0.2) is 24.3 Å². The number of nitrogens with zero attached hydrogens (tertiary/aromatic N) is 1. The molecule has 2 fully saturated rings. The molecule has 116 valence electrons. The van der Waals surface area contributed by atoms with Crippen molar-refractivity contribution in [2.24, 2.45) is 17.6 Å². The molecule has 3 heteroatoms. The van der Waals surface area contributed by atoms with Crippen LogP contribution in [-0.2, 0) is 0 Å². The van der Waals surface area contributed by atoms with E-state index in [4.69, 9.17) is 10.5 Å². The molecule has 1 aliphatic heterocycles. The van der Waals surface area contributed by atoms with Crippen LogP contribution in [0, 0.1) is 11.8 Å². The number of para-hydroxylation sites is 1. The molecule has 0 radical (unpaired) electrons. The van der Waals surface area contributed by atoms with Gasteiger partial charge < -0.3 is 15.4 Å². The fourth-order valence-corrected chi connectivity index (χ4v) is 4.19. The minimum absolute atomic E-state index is 0.0429. The molecule has 21 heavy (non-hydrogen) atoms. The predicted octanol–water partition coefficient (Wildman–Crippen LogP) is 3.21. The minimum Gasteiger partial charge on any atom is -0.496 e. The number of methoxy groups -OCH3 is 1.